The first-order chi connectivity index (χ1) is 18.0. The van der Waals surface area contributed by atoms with Crippen molar-refractivity contribution < 1.29 is 32.2 Å². The fourth-order valence-electron chi connectivity index (χ4n) is 5.27. The second-order valence-electron chi connectivity index (χ2n) is 11.4. The van der Waals surface area contributed by atoms with Crippen molar-refractivity contribution in [2.45, 2.75) is 56.4 Å². The molecule has 1 aliphatic rings. The monoisotopic (exact) mass is 548 g/mol. The molecule has 1 unspecified atom stereocenters. The second kappa shape index (κ2) is 12.8. The number of nitrogens with zero attached hydrogens (tertiary/aromatic N) is 1. The van der Waals surface area contributed by atoms with Gasteiger partial charge in [0.05, 0.1) is 58.2 Å². The Morgan fingerprint density at radius 2 is 1.68 bits per heavy atom. The fraction of sp³-hybridized carbons (Fsp3) is 0.600. The van der Waals surface area contributed by atoms with Gasteiger partial charge in [-0.05, 0) is 54.3 Å². The lowest BCUT2D eigenvalue weighted by molar-refractivity contribution is -0.870. The number of unbranched alkanes of at least 4 members (excludes halogenated alkanes) is 1. The number of ether oxygens (including phenoxy) is 3. The Bertz CT molecular complexity index is 1140. The van der Waals surface area contributed by atoms with E-state index in [0.717, 1.165) is 29.4 Å². The lowest BCUT2D eigenvalue weighted by atomic mass is 9.69. The second-order valence-corrected chi connectivity index (χ2v) is 13.4. The summed E-state index contributed by atoms with van der Waals surface area (Å²) in [5, 5.41) is 12.0. The third-order valence-electron chi connectivity index (χ3n) is 7.68. The molecule has 0 aromatic heterocycles. The molecule has 1 aliphatic heterocycles. The SMILES string of the molecule is CCCCC1(CC)CS(=O)(=O)c2ccc(OC)cc2[C@@H](c2ccc(OCCOCC[N+](C)(C)C)cc2)[C@H]1O. The first kappa shape index (κ1) is 30.4. The van der Waals surface area contributed by atoms with E-state index in [1.54, 1.807) is 25.3 Å². The Morgan fingerprint density at radius 1 is 1.00 bits per heavy atom. The molecule has 2 aromatic carbocycles. The lowest BCUT2D eigenvalue weighted by Gasteiger charge is -2.39. The Kier molecular flexibility index (Phi) is 10.3. The van der Waals surface area contributed by atoms with E-state index in [9.17, 15) is 13.5 Å². The van der Waals surface area contributed by atoms with Crippen molar-refractivity contribution in [2.75, 3.05) is 60.4 Å². The number of aliphatic hydroxyl groups is 1. The minimum atomic E-state index is -3.62. The van der Waals surface area contributed by atoms with Crippen LogP contribution in [0.25, 0.3) is 0 Å². The molecule has 3 atom stereocenters. The fourth-order valence-corrected chi connectivity index (χ4v) is 7.53. The highest BCUT2D eigenvalue weighted by Crippen LogP contribution is 2.49. The number of benzene rings is 2. The summed E-state index contributed by atoms with van der Waals surface area (Å²) in [7, 11) is 4.33. The van der Waals surface area contributed by atoms with Crippen LogP contribution in [0.5, 0.6) is 11.5 Å². The summed E-state index contributed by atoms with van der Waals surface area (Å²) in [6, 6.07) is 12.7. The van der Waals surface area contributed by atoms with E-state index >= 15 is 0 Å². The van der Waals surface area contributed by atoms with E-state index in [4.69, 9.17) is 14.2 Å². The average molecular weight is 549 g/mol. The summed E-state index contributed by atoms with van der Waals surface area (Å²) in [5.74, 6) is 0.697. The van der Waals surface area contributed by atoms with Gasteiger partial charge in [0.1, 0.15) is 24.7 Å². The van der Waals surface area contributed by atoms with Gasteiger partial charge in [-0.15, -0.1) is 0 Å². The minimum Gasteiger partial charge on any atom is -0.497 e. The number of methoxy groups -OCH3 is 1. The Morgan fingerprint density at radius 3 is 2.29 bits per heavy atom. The molecule has 0 amide bonds. The molecule has 0 spiro atoms. The van der Waals surface area contributed by atoms with E-state index in [1.165, 1.54) is 0 Å². The maximum atomic E-state index is 13.7. The average Bonchev–Trinajstić information content (AvgIpc) is 2.95. The highest BCUT2D eigenvalue weighted by molar-refractivity contribution is 7.91. The van der Waals surface area contributed by atoms with Crippen LogP contribution >= 0.6 is 0 Å². The van der Waals surface area contributed by atoms with Crippen molar-refractivity contribution >= 4 is 9.84 Å². The van der Waals surface area contributed by atoms with E-state index in [1.807, 2.05) is 31.2 Å². The quantitative estimate of drug-likeness (QED) is 0.290. The summed E-state index contributed by atoms with van der Waals surface area (Å²) in [5.41, 5.74) is 0.692. The van der Waals surface area contributed by atoms with Crippen LogP contribution in [-0.2, 0) is 14.6 Å². The molecule has 212 valence electrons. The van der Waals surface area contributed by atoms with Gasteiger partial charge in [-0.2, -0.15) is 0 Å². The molecule has 0 bridgehead atoms. The summed E-state index contributed by atoms with van der Waals surface area (Å²) in [4.78, 5) is 0.278. The van der Waals surface area contributed by atoms with Crippen LogP contribution in [0.15, 0.2) is 47.4 Å². The molecular formula is C30H46NO6S+. The van der Waals surface area contributed by atoms with Gasteiger partial charge in [-0.1, -0.05) is 38.8 Å². The van der Waals surface area contributed by atoms with Gasteiger partial charge in [0, 0.05) is 11.3 Å². The van der Waals surface area contributed by atoms with Crippen molar-refractivity contribution in [3.8, 4) is 11.5 Å². The van der Waals surface area contributed by atoms with Gasteiger partial charge in [-0.3, -0.25) is 0 Å². The predicted octanol–water partition coefficient (Wildman–Crippen LogP) is 4.66. The molecule has 0 saturated heterocycles. The highest BCUT2D eigenvalue weighted by Gasteiger charge is 2.49. The largest absolute Gasteiger partial charge is 0.497 e. The zero-order valence-electron chi connectivity index (χ0n) is 23.9. The number of sulfone groups is 1. The Hall–Kier alpha value is -2.13. The van der Waals surface area contributed by atoms with Gasteiger partial charge in [-0.25, -0.2) is 8.42 Å². The molecule has 3 rings (SSSR count). The molecule has 1 N–H and O–H groups in total. The number of quaternary nitrogens is 1. The number of likely N-dealkylation sites (N-methyl/N-ethyl adjacent to an activating group) is 1. The predicted molar refractivity (Wildman–Crippen MR) is 151 cm³/mol. The van der Waals surface area contributed by atoms with Crippen molar-refractivity contribution in [1.82, 2.24) is 0 Å². The molecule has 7 nitrogen and oxygen atoms in total. The molecule has 0 fully saturated rings. The molecule has 2 aromatic rings. The van der Waals surface area contributed by atoms with Crippen molar-refractivity contribution in [1.29, 1.82) is 0 Å². The molecule has 1 heterocycles. The van der Waals surface area contributed by atoms with Gasteiger partial charge >= 0.3 is 0 Å². The number of fused-ring (bicyclic) bond motifs is 1. The first-order valence-electron chi connectivity index (χ1n) is 13.7. The van der Waals surface area contributed by atoms with E-state index in [-0.39, 0.29) is 10.6 Å². The lowest BCUT2D eigenvalue weighted by Crippen LogP contribution is -2.42. The third kappa shape index (κ3) is 7.29. The maximum absolute atomic E-state index is 13.7. The summed E-state index contributed by atoms with van der Waals surface area (Å²) >= 11 is 0. The molecule has 0 saturated carbocycles. The topological polar surface area (TPSA) is 82.1 Å². The van der Waals surface area contributed by atoms with Gasteiger partial charge in [0.25, 0.3) is 0 Å². The standard InChI is InChI=1S/C30H46NO6S/c1-7-9-16-30(8-2)22-38(33,34)27-15-14-25(35-6)21-26(27)28(29(30)32)23-10-12-24(13-11-23)37-20-19-36-18-17-31(3,4)5/h10-15,21,28-29,32H,7-9,16-20,22H2,1-6H3/q+1/t28-,29-,30?/m1/s1. The summed E-state index contributed by atoms with van der Waals surface area (Å²) < 4.78 is 45.2. The normalized spacial score (nSPS) is 22.9. The van der Waals surface area contributed by atoms with Crippen LogP contribution in [0, 0.1) is 5.41 Å². The smallest absolute Gasteiger partial charge is 0.179 e. The van der Waals surface area contributed by atoms with Crippen LogP contribution in [0.3, 0.4) is 0 Å². The van der Waals surface area contributed by atoms with Crippen molar-refractivity contribution in [3.05, 3.63) is 53.6 Å². The zero-order chi connectivity index (χ0) is 28.0. The molecule has 0 aliphatic carbocycles. The van der Waals surface area contributed by atoms with Crippen LogP contribution in [0.2, 0.25) is 0 Å². The van der Waals surface area contributed by atoms with Crippen LogP contribution < -0.4 is 9.47 Å². The molecule has 0 radical (unpaired) electrons. The van der Waals surface area contributed by atoms with Crippen LogP contribution in [0.1, 0.15) is 56.6 Å². The van der Waals surface area contributed by atoms with Crippen LogP contribution in [0.4, 0.5) is 0 Å². The summed E-state index contributed by atoms with van der Waals surface area (Å²) in [6.07, 6.45) is 2.15. The number of hydrogen-bond donors (Lipinski definition) is 1. The van der Waals surface area contributed by atoms with Crippen LogP contribution in [-0.4, -0.2) is 84.5 Å². The van der Waals surface area contributed by atoms with E-state index < -0.39 is 27.3 Å². The van der Waals surface area contributed by atoms with Gasteiger partial charge in [0.2, 0.25) is 0 Å². The minimum absolute atomic E-state index is 0.0667. The van der Waals surface area contributed by atoms with Gasteiger partial charge in [0.15, 0.2) is 9.84 Å². The number of hydrogen-bond acceptors (Lipinski definition) is 6. The molecule has 8 heteroatoms. The maximum Gasteiger partial charge on any atom is 0.179 e. The molecule has 38 heavy (non-hydrogen) atoms. The summed E-state index contributed by atoms with van der Waals surface area (Å²) in [6.45, 7) is 6.63. The third-order valence-corrected chi connectivity index (χ3v) is 9.68. The van der Waals surface area contributed by atoms with Gasteiger partial charge < -0.3 is 23.8 Å². The Balaban J connectivity index is 1.90. The van der Waals surface area contributed by atoms with E-state index in [2.05, 4.69) is 28.1 Å². The Labute approximate surface area is 229 Å². The van der Waals surface area contributed by atoms with Crippen molar-refractivity contribution in [3.63, 3.8) is 0 Å². The zero-order valence-corrected chi connectivity index (χ0v) is 24.7. The first-order valence-corrected chi connectivity index (χ1v) is 15.3. The van der Waals surface area contributed by atoms with E-state index in [0.29, 0.717) is 49.7 Å². The number of rotatable bonds is 13. The molecular weight excluding hydrogens is 502 g/mol. The van der Waals surface area contributed by atoms with Crippen molar-refractivity contribution in [2.24, 2.45) is 5.41 Å². The number of aliphatic hydroxyl groups excluding tert-OH is 1. The highest BCUT2D eigenvalue weighted by atomic mass is 32.2.